The van der Waals surface area contributed by atoms with E-state index in [1.807, 2.05) is 20.8 Å². The summed E-state index contributed by atoms with van der Waals surface area (Å²) in [6.45, 7) is 8.15. The molecule has 5 heteroatoms. The predicted octanol–water partition coefficient (Wildman–Crippen LogP) is 1.65. The maximum absolute atomic E-state index is 11.9. The summed E-state index contributed by atoms with van der Waals surface area (Å²) >= 11 is 0. The number of anilines is 1. The monoisotopic (exact) mass is 248 g/mol. The third kappa shape index (κ3) is 2.33. The molecule has 1 heterocycles. The number of carbonyl (C=O) groups is 1. The molecule has 0 aliphatic heterocycles. The van der Waals surface area contributed by atoms with E-state index in [9.17, 15) is 4.79 Å². The molecule has 0 spiro atoms. The van der Waals surface area contributed by atoms with E-state index in [0.29, 0.717) is 17.9 Å². The molecule has 98 valence electrons. The Hall–Kier alpha value is -1.96. The zero-order valence-electron chi connectivity index (χ0n) is 11.4. The van der Waals surface area contributed by atoms with Crippen molar-refractivity contribution in [3.8, 4) is 6.07 Å². The molecule has 0 saturated carbocycles. The number of nitrogens with two attached hydrogens (primary N) is 1. The van der Waals surface area contributed by atoms with Crippen LogP contribution >= 0.6 is 0 Å². The van der Waals surface area contributed by atoms with Crippen LogP contribution in [-0.4, -0.2) is 17.0 Å². The summed E-state index contributed by atoms with van der Waals surface area (Å²) in [5.74, 6) is 0.290. The van der Waals surface area contributed by atoms with Gasteiger partial charge in [-0.25, -0.2) is 0 Å². The van der Waals surface area contributed by atoms with Gasteiger partial charge in [0.25, 0.3) is 0 Å². The first-order valence-corrected chi connectivity index (χ1v) is 6.10. The lowest BCUT2D eigenvalue weighted by molar-refractivity contribution is -0.123. The molecule has 1 rings (SSSR count). The van der Waals surface area contributed by atoms with Gasteiger partial charge in [0.2, 0.25) is 5.91 Å². The van der Waals surface area contributed by atoms with Gasteiger partial charge in [0, 0.05) is 12.2 Å². The van der Waals surface area contributed by atoms with E-state index in [4.69, 9.17) is 11.0 Å². The summed E-state index contributed by atoms with van der Waals surface area (Å²) in [6, 6.07) is 1.68. The van der Waals surface area contributed by atoms with Crippen molar-refractivity contribution in [2.45, 2.75) is 40.2 Å². The van der Waals surface area contributed by atoms with E-state index in [-0.39, 0.29) is 5.91 Å². The Morgan fingerprint density at radius 2 is 2.17 bits per heavy atom. The van der Waals surface area contributed by atoms with Crippen molar-refractivity contribution in [3.05, 3.63) is 16.8 Å². The largest absolute Gasteiger partial charge is 0.384 e. The average Bonchev–Trinajstić information content (AvgIpc) is 2.56. The molecule has 5 nitrogen and oxygen atoms in total. The normalized spacial score (nSPS) is 11.9. The molecule has 18 heavy (non-hydrogen) atoms. The van der Waals surface area contributed by atoms with E-state index in [1.165, 1.54) is 0 Å². The number of hydrogen-bond acceptors (Lipinski definition) is 3. The van der Waals surface area contributed by atoms with Gasteiger partial charge in [0.05, 0.1) is 5.56 Å². The van der Waals surface area contributed by atoms with Gasteiger partial charge in [-0.15, -0.1) is 0 Å². The van der Waals surface area contributed by atoms with Gasteiger partial charge < -0.3 is 15.6 Å². The molecule has 0 aromatic carbocycles. The van der Waals surface area contributed by atoms with Crippen LogP contribution in [0.3, 0.4) is 0 Å². The van der Waals surface area contributed by atoms with Crippen LogP contribution in [0.25, 0.3) is 0 Å². The first kappa shape index (κ1) is 14.1. The molecular weight excluding hydrogens is 228 g/mol. The van der Waals surface area contributed by atoms with Crippen molar-refractivity contribution in [1.82, 2.24) is 9.88 Å². The minimum Gasteiger partial charge on any atom is -0.384 e. The number of aromatic nitrogens is 1. The molecule has 1 aromatic rings. The van der Waals surface area contributed by atoms with Gasteiger partial charge >= 0.3 is 0 Å². The van der Waals surface area contributed by atoms with Crippen LogP contribution in [0.4, 0.5) is 5.82 Å². The van der Waals surface area contributed by atoms with Crippen molar-refractivity contribution in [3.63, 3.8) is 0 Å². The third-order valence-corrected chi connectivity index (χ3v) is 3.22. The molecule has 1 aromatic heterocycles. The smallest absolute Gasteiger partial charge is 0.242 e. The first-order chi connectivity index (χ1) is 8.45. The standard InChI is InChI=1S/C13H20N4O/c1-5-6-16-13(18)10(4)17-9(3)8(2)11(7-14)12(17)15/h10H,5-6,15H2,1-4H3,(H,16,18). The molecule has 0 bridgehead atoms. The Labute approximate surface area is 108 Å². The molecule has 0 fully saturated rings. The molecule has 1 amide bonds. The van der Waals surface area contributed by atoms with Crippen molar-refractivity contribution >= 4 is 11.7 Å². The summed E-state index contributed by atoms with van der Waals surface area (Å²) in [5.41, 5.74) is 8.11. The lowest BCUT2D eigenvalue weighted by Gasteiger charge is -2.17. The fourth-order valence-electron chi connectivity index (χ4n) is 2.01. The molecule has 1 unspecified atom stereocenters. The number of rotatable bonds is 4. The van der Waals surface area contributed by atoms with Gasteiger partial charge in [-0.1, -0.05) is 6.92 Å². The molecule has 0 aliphatic rings. The number of nitrogen functional groups attached to an aromatic ring is 1. The van der Waals surface area contributed by atoms with Crippen molar-refractivity contribution in [2.24, 2.45) is 0 Å². The van der Waals surface area contributed by atoms with Crippen molar-refractivity contribution in [1.29, 1.82) is 5.26 Å². The zero-order chi connectivity index (χ0) is 13.9. The minimum atomic E-state index is -0.405. The van der Waals surface area contributed by atoms with Gasteiger partial charge in [-0.2, -0.15) is 5.26 Å². The highest BCUT2D eigenvalue weighted by atomic mass is 16.2. The first-order valence-electron chi connectivity index (χ1n) is 6.10. The van der Waals surface area contributed by atoms with Gasteiger partial charge in [-0.05, 0) is 32.8 Å². The Morgan fingerprint density at radius 1 is 1.56 bits per heavy atom. The molecule has 0 aliphatic carbocycles. The number of nitrogens with one attached hydrogen (secondary N) is 1. The summed E-state index contributed by atoms with van der Waals surface area (Å²) in [6.07, 6.45) is 0.890. The zero-order valence-corrected chi connectivity index (χ0v) is 11.4. The second-order valence-electron chi connectivity index (χ2n) is 4.42. The van der Waals surface area contributed by atoms with Gasteiger partial charge in [0.1, 0.15) is 17.9 Å². The maximum atomic E-state index is 11.9. The SMILES string of the molecule is CCCNC(=O)C(C)n1c(C)c(C)c(C#N)c1N. The molecule has 0 radical (unpaired) electrons. The summed E-state index contributed by atoms with van der Waals surface area (Å²) < 4.78 is 1.72. The van der Waals surface area contributed by atoms with Crippen LogP contribution in [-0.2, 0) is 4.79 Å². The Bertz CT molecular complexity index is 496. The maximum Gasteiger partial charge on any atom is 0.242 e. The molecular formula is C13H20N4O. The number of hydrogen-bond donors (Lipinski definition) is 2. The second kappa shape index (κ2) is 5.58. The van der Waals surface area contributed by atoms with Crippen LogP contribution in [0, 0.1) is 25.2 Å². The molecule has 1 atom stereocenters. The van der Waals surface area contributed by atoms with E-state index in [0.717, 1.165) is 17.7 Å². The molecule has 0 saturated heterocycles. The lowest BCUT2D eigenvalue weighted by Crippen LogP contribution is -2.32. The second-order valence-corrected chi connectivity index (χ2v) is 4.42. The highest BCUT2D eigenvalue weighted by Gasteiger charge is 2.22. The number of nitrogens with zero attached hydrogens (tertiary/aromatic N) is 2. The summed E-state index contributed by atoms with van der Waals surface area (Å²) in [4.78, 5) is 11.9. The van der Waals surface area contributed by atoms with Crippen molar-refractivity contribution < 1.29 is 4.79 Å². The van der Waals surface area contributed by atoms with E-state index in [1.54, 1.807) is 11.5 Å². The summed E-state index contributed by atoms with van der Waals surface area (Å²) in [5, 5.41) is 11.9. The van der Waals surface area contributed by atoms with Crippen molar-refractivity contribution in [2.75, 3.05) is 12.3 Å². The average molecular weight is 248 g/mol. The Balaban J connectivity index is 3.11. The number of amides is 1. The van der Waals surface area contributed by atoms with E-state index < -0.39 is 6.04 Å². The van der Waals surface area contributed by atoms with E-state index in [2.05, 4.69) is 11.4 Å². The lowest BCUT2D eigenvalue weighted by atomic mass is 10.2. The van der Waals surface area contributed by atoms with Crippen LogP contribution in [0.5, 0.6) is 0 Å². The van der Waals surface area contributed by atoms with Crippen LogP contribution < -0.4 is 11.1 Å². The Morgan fingerprint density at radius 3 is 2.61 bits per heavy atom. The minimum absolute atomic E-state index is 0.0776. The number of nitriles is 1. The third-order valence-electron chi connectivity index (χ3n) is 3.22. The summed E-state index contributed by atoms with van der Waals surface area (Å²) in [7, 11) is 0. The van der Waals surface area contributed by atoms with Gasteiger partial charge in [-0.3, -0.25) is 4.79 Å². The highest BCUT2D eigenvalue weighted by Crippen LogP contribution is 2.27. The van der Waals surface area contributed by atoms with Gasteiger partial charge in [0.15, 0.2) is 0 Å². The van der Waals surface area contributed by atoms with Crippen LogP contribution in [0.15, 0.2) is 0 Å². The highest BCUT2D eigenvalue weighted by molar-refractivity contribution is 5.81. The topological polar surface area (TPSA) is 83.8 Å². The molecule has 3 N–H and O–H groups in total. The van der Waals surface area contributed by atoms with E-state index >= 15 is 0 Å². The quantitative estimate of drug-likeness (QED) is 0.849. The Kier molecular flexibility index (Phi) is 4.38. The van der Waals surface area contributed by atoms with Crippen LogP contribution in [0.2, 0.25) is 0 Å². The van der Waals surface area contributed by atoms with Crippen LogP contribution in [0.1, 0.15) is 43.1 Å². The fraction of sp³-hybridized carbons (Fsp3) is 0.538. The predicted molar refractivity (Wildman–Crippen MR) is 71.0 cm³/mol. The fourth-order valence-corrected chi connectivity index (χ4v) is 2.01. The number of carbonyl (C=O) groups excluding carboxylic acids is 1.